The van der Waals surface area contributed by atoms with E-state index in [2.05, 4.69) is 15.5 Å². The normalized spacial score (nSPS) is 15.4. The van der Waals surface area contributed by atoms with E-state index in [0.717, 1.165) is 0 Å². The van der Waals surface area contributed by atoms with Crippen molar-refractivity contribution in [2.24, 2.45) is 0 Å². The van der Waals surface area contributed by atoms with E-state index in [0.29, 0.717) is 23.2 Å². The molecule has 4 rings (SSSR count). The second-order valence-electron chi connectivity index (χ2n) is 6.16. The van der Waals surface area contributed by atoms with Crippen LogP contribution in [-0.4, -0.2) is 41.9 Å². The summed E-state index contributed by atoms with van der Waals surface area (Å²) >= 11 is 0. The maximum atomic E-state index is 12.7. The van der Waals surface area contributed by atoms with Crippen LogP contribution >= 0.6 is 0 Å². The lowest BCUT2D eigenvalue weighted by atomic mass is 10.0. The Morgan fingerprint density at radius 2 is 1.96 bits per heavy atom. The molecule has 3 heterocycles. The first-order chi connectivity index (χ1) is 12.9. The third kappa shape index (κ3) is 3.36. The van der Waals surface area contributed by atoms with Crippen molar-refractivity contribution in [3.05, 3.63) is 48.6 Å². The molecule has 1 amide bonds. The van der Waals surface area contributed by atoms with Crippen molar-refractivity contribution in [1.82, 2.24) is 14.4 Å². The number of aromatic nitrogens is 2. The number of nitrogens with one attached hydrogen (secondary N) is 1. The van der Waals surface area contributed by atoms with Crippen LogP contribution in [0.2, 0.25) is 0 Å². The summed E-state index contributed by atoms with van der Waals surface area (Å²) in [6, 6.07) is 9.49. The second kappa shape index (κ2) is 6.63. The van der Waals surface area contributed by atoms with Crippen LogP contribution in [0.1, 0.15) is 18.7 Å². The number of amides is 1. The quantitative estimate of drug-likeness (QED) is 0.711. The van der Waals surface area contributed by atoms with Gasteiger partial charge in [0.1, 0.15) is 0 Å². The standard InChI is InChI=1S/C17H16N4O5S/c1-11(22)18-13-4-6-14(7-5-13)27(23,24)21-9-12(10-21)17-19-16(20-26-17)15-3-2-8-25-15/h2-8,12H,9-10H2,1H3,(H,18,22). The molecule has 9 nitrogen and oxygen atoms in total. The van der Waals surface area contributed by atoms with Crippen molar-refractivity contribution >= 4 is 21.6 Å². The zero-order valence-corrected chi connectivity index (χ0v) is 15.1. The van der Waals surface area contributed by atoms with Crippen molar-refractivity contribution in [3.63, 3.8) is 0 Å². The highest BCUT2D eigenvalue weighted by atomic mass is 32.2. The Morgan fingerprint density at radius 3 is 2.59 bits per heavy atom. The van der Waals surface area contributed by atoms with Crippen molar-refractivity contribution < 1.29 is 22.2 Å². The number of sulfonamides is 1. The lowest BCUT2D eigenvalue weighted by Gasteiger charge is -2.35. The fourth-order valence-electron chi connectivity index (χ4n) is 2.76. The Balaban J connectivity index is 1.43. The summed E-state index contributed by atoms with van der Waals surface area (Å²) in [5.74, 6) is 0.839. The molecule has 0 bridgehead atoms. The molecular formula is C17H16N4O5S. The molecule has 0 atom stereocenters. The maximum Gasteiger partial charge on any atom is 0.243 e. The van der Waals surface area contributed by atoms with Crippen LogP contribution in [0, 0.1) is 0 Å². The third-order valence-corrected chi connectivity index (χ3v) is 6.04. The number of hydrogen-bond donors (Lipinski definition) is 1. The topological polar surface area (TPSA) is 119 Å². The molecule has 0 unspecified atom stereocenters. The van der Waals surface area contributed by atoms with Gasteiger partial charge >= 0.3 is 0 Å². The molecule has 0 saturated carbocycles. The van der Waals surface area contributed by atoms with E-state index in [-0.39, 0.29) is 29.8 Å². The number of benzene rings is 1. The molecule has 1 aliphatic heterocycles. The van der Waals surface area contributed by atoms with Crippen LogP contribution in [0.4, 0.5) is 5.69 Å². The van der Waals surface area contributed by atoms with Crippen LogP contribution in [0.25, 0.3) is 11.6 Å². The summed E-state index contributed by atoms with van der Waals surface area (Å²) in [6.07, 6.45) is 1.51. The predicted molar refractivity (Wildman–Crippen MR) is 94.2 cm³/mol. The SMILES string of the molecule is CC(=O)Nc1ccc(S(=O)(=O)N2CC(c3nc(-c4ccco4)no3)C2)cc1. The highest BCUT2D eigenvalue weighted by Crippen LogP contribution is 2.32. The van der Waals surface area contributed by atoms with E-state index in [1.807, 2.05) is 0 Å². The fraction of sp³-hybridized carbons (Fsp3) is 0.235. The molecule has 0 spiro atoms. The third-order valence-electron chi connectivity index (χ3n) is 4.19. The van der Waals surface area contributed by atoms with Gasteiger partial charge in [-0.25, -0.2) is 8.42 Å². The van der Waals surface area contributed by atoms with Crippen LogP contribution in [0.15, 0.2) is 56.5 Å². The van der Waals surface area contributed by atoms with Crippen molar-refractivity contribution in [2.45, 2.75) is 17.7 Å². The fourth-order valence-corrected chi connectivity index (χ4v) is 4.29. The number of nitrogens with zero attached hydrogens (tertiary/aromatic N) is 3. The van der Waals surface area contributed by atoms with E-state index in [1.54, 1.807) is 24.3 Å². The molecular weight excluding hydrogens is 372 g/mol. The second-order valence-corrected chi connectivity index (χ2v) is 8.10. The number of anilines is 1. The lowest BCUT2D eigenvalue weighted by molar-refractivity contribution is -0.114. The average Bonchev–Trinajstić information content (AvgIpc) is 3.24. The molecule has 27 heavy (non-hydrogen) atoms. The van der Waals surface area contributed by atoms with Crippen LogP contribution in [0.3, 0.4) is 0 Å². The van der Waals surface area contributed by atoms with Gasteiger partial charge in [-0.05, 0) is 36.4 Å². The van der Waals surface area contributed by atoms with Gasteiger partial charge in [0.2, 0.25) is 27.6 Å². The molecule has 1 fully saturated rings. The van der Waals surface area contributed by atoms with Crippen molar-refractivity contribution in [2.75, 3.05) is 18.4 Å². The van der Waals surface area contributed by atoms with Gasteiger partial charge in [-0.15, -0.1) is 0 Å². The minimum absolute atomic E-state index is 0.158. The van der Waals surface area contributed by atoms with E-state index >= 15 is 0 Å². The predicted octanol–water partition coefficient (Wildman–Crippen LogP) is 2.08. The van der Waals surface area contributed by atoms with Crippen LogP contribution in [-0.2, 0) is 14.8 Å². The molecule has 140 valence electrons. The summed E-state index contributed by atoms with van der Waals surface area (Å²) in [4.78, 5) is 15.5. The van der Waals surface area contributed by atoms with Gasteiger partial charge in [-0.2, -0.15) is 9.29 Å². The highest BCUT2D eigenvalue weighted by Gasteiger charge is 2.40. The molecule has 1 N–H and O–H groups in total. The van der Waals surface area contributed by atoms with Crippen molar-refractivity contribution in [3.8, 4) is 11.6 Å². The largest absolute Gasteiger partial charge is 0.461 e. The number of carbonyl (C=O) groups is 1. The van der Waals surface area contributed by atoms with Crippen molar-refractivity contribution in [1.29, 1.82) is 0 Å². The summed E-state index contributed by atoms with van der Waals surface area (Å²) in [6.45, 7) is 1.91. The minimum atomic E-state index is -3.61. The summed E-state index contributed by atoms with van der Waals surface area (Å²) in [5.41, 5.74) is 0.541. The summed E-state index contributed by atoms with van der Waals surface area (Å²) < 4.78 is 37.1. The Labute approximate surface area is 155 Å². The molecule has 1 aromatic carbocycles. The highest BCUT2D eigenvalue weighted by molar-refractivity contribution is 7.89. The Hall–Kier alpha value is -2.98. The molecule has 2 aromatic heterocycles. The smallest absolute Gasteiger partial charge is 0.243 e. The molecule has 10 heteroatoms. The maximum absolute atomic E-state index is 12.7. The lowest BCUT2D eigenvalue weighted by Crippen LogP contribution is -2.48. The van der Waals surface area contributed by atoms with Crippen LogP contribution in [0.5, 0.6) is 0 Å². The zero-order chi connectivity index (χ0) is 19.0. The molecule has 0 radical (unpaired) electrons. The van der Waals surface area contributed by atoms with Gasteiger partial charge in [0.15, 0.2) is 5.76 Å². The average molecular weight is 388 g/mol. The number of hydrogen-bond acceptors (Lipinski definition) is 7. The summed E-state index contributed by atoms with van der Waals surface area (Å²) in [5, 5.41) is 6.46. The number of carbonyl (C=O) groups excluding carboxylic acids is 1. The zero-order valence-electron chi connectivity index (χ0n) is 14.3. The molecule has 1 saturated heterocycles. The van der Waals surface area contributed by atoms with E-state index in [9.17, 15) is 13.2 Å². The number of rotatable bonds is 5. The van der Waals surface area contributed by atoms with Gasteiger partial charge in [0.05, 0.1) is 17.1 Å². The van der Waals surface area contributed by atoms with Gasteiger partial charge < -0.3 is 14.3 Å². The Morgan fingerprint density at radius 1 is 1.22 bits per heavy atom. The van der Waals surface area contributed by atoms with Gasteiger partial charge in [-0.1, -0.05) is 5.16 Å². The molecule has 0 aliphatic carbocycles. The Kier molecular flexibility index (Phi) is 4.28. The summed E-state index contributed by atoms with van der Waals surface area (Å²) in [7, 11) is -3.61. The molecule has 3 aromatic rings. The number of furan rings is 1. The molecule has 1 aliphatic rings. The first kappa shape index (κ1) is 17.4. The Bertz CT molecular complexity index is 1050. The van der Waals surface area contributed by atoms with Gasteiger partial charge in [-0.3, -0.25) is 4.79 Å². The monoisotopic (exact) mass is 388 g/mol. The first-order valence-corrected chi connectivity index (χ1v) is 9.63. The van der Waals surface area contributed by atoms with Crippen LogP contribution < -0.4 is 5.32 Å². The first-order valence-electron chi connectivity index (χ1n) is 8.19. The van der Waals surface area contributed by atoms with Gasteiger partial charge in [0.25, 0.3) is 0 Å². The van der Waals surface area contributed by atoms with Gasteiger partial charge in [0, 0.05) is 25.7 Å². The minimum Gasteiger partial charge on any atom is -0.461 e. The van der Waals surface area contributed by atoms with E-state index < -0.39 is 10.0 Å². The van der Waals surface area contributed by atoms with E-state index in [1.165, 1.54) is 29.6 Å². The van der Waals surface area contributed by atoms with E-state index in [4.69, 9.17) is 8.94 Å².